The lowest BCUT2D eigenvalue weighted by Gasteiger charge is -2.19. The molecule has 0 unspecified atom stereocenters. The number of aromatic nitrogens is 2. The Kier molecular flexibility index (Phi) is 3.80. The van der Waals surface area contributed by atoms with Crippen LogP contribution in [0.15, 0.2) is 33.7 Å². The molecule has 0 radical (unpaired) electrons. The molecule has 1 aromatic heterocycles. The van der Waals surface area contributed by atoms with Crippen LogP contribution in [0.4, 0.5) is 13.2 Å². The van der Waals surface area contributed by atoms with Gasteiger partial charge in [-0.05, 0) is 45.0 Å². The maximum absolute atomic E-state index is 12.4. The van der Waals surface area contributed by atoms with Gasteiger partial charge >= 0.3 is 12.1 Å². The van der Waals surface area contributed by atoms with Crippen molar-refractivity contribution in [1.82, 2.24) is 10.1 Å². The van der Waals surface area contributed by atoms with Crippen molar-refractivity contribution in [2.45, 2.75) is 36.6 Å². The molecule has 2 aromatic rings. The first-order valence-electron chi connectivity index (χ1n) is 6.19. The van der Waals surface area contributed by atoms with E-state index in [9.17, 15) is 21.6 Å². The van der Waals surface area contributed by atoms with Crippen LogP contribution in [-0.4, -0.2) is 23.3 Å². The molecule has 0 N–H and O–H groups in total. The van der Waals surface area contributed by atoms with E-state index in [0.717, 1.165) is 0 Å². The van der Waals surface area contributed by atoms with Crippen LogP contribution in [0.3, 0.4) is 0 Å². The Balaban J connectivity index is 2.36. The normalized spacial score (nSPS) is 13.4. The van der Waals surface area contributed by atoms with E-state index in [0.29, 0.717) is 0 Å². The van der Waals surface area contributed by atoms with E-state index in [2.05, 4.69) is 14.7 Å². The fourth-order valence-electron chi connectivity index (χ4n) is 1.59. The fraction of sp³-hybridized carbons (Fsp3) is 0.385. The lowest BCUT2D eigenvalue weighted by molar-refractivity contribution is -0.159. The molecule has 120 valence electrons. The van der Waals surface area contributed by atoms with E-state index in [-0.39, 0.29) is 16.3 Å². The van der Waals surface area contributed by atoms with Gasteiger partial charge in [-0.15, -0.1) is 0 Å². The minimum atomic E-state index is -4.72. The minimum absolute atomic E-state index is 0.0725. The Hall–Kier alpha value is -1.90. The monoisotopic (exact) mass is 334 g/mol. The smallest absolute Gasteiger partial charge is 0.329 e. The number of rotatable bonds is 2. The van der Waals surface area contributed by atoms with Crippen LogP contribution >= 0.6 is 0 Å². The topological polar surface area (TPSA) is 73.1 Å². The molecule has 22 heavy (non-hydrogen) atoms. The summed E-state index contributed by atoms with van der Waals surface area (Å²) in [4.78, 5) is 3.31. The summed E-state index contributed by atoms with van der Waals surface area (Å²) in [5.74, 6) is -1.71. The molecular weight excluding hydrogens is 321 g/mol. The third kappa shape index (κ3) is 2.99. The van der Waals surface area contributed by atoms with Crippen molar-refractivity contribution in [2.75, 3.05) is 0 Å². The largest absolute Gasteiger partial charge is 0.471 e. The first kappa shape index (κ1) is 16.5. The molecule has 9 heteroatoms. The molecule has 0 amide bonds. The van der Waals surface area contributed by atoms with Crippen LogP contribution in [0.2, 0.25) is 0 Å². The molecule has 1 aromatic carbocycles. The van der Waals surface area contributed by atoms with Crippen LogP contribution in [0.5, 0.6) is 0 Å². The van der Waals surface area contributed by atoms with Gasteiger partial charge in [0.25, 0.3) is 0 Å². The van der Waals surface area contributed by atoms with Crippen molar-refractivity contribution < 1.29 is 26.1 Å². The summed E-state index contributed by atoms with van der Waals surface area (Å²) in [5, 5.41) is 3.24. The number of sulfone groups is 1. The summed E-state index contributed by atoms with van der Waals surface area (Å²) in [7, 11) is -3.54. The molecule has 0 spiro atoms. The zero-order chi connectivity index (χ0) is 16.8. The van der Waals surface area contributed by atoms with Gasteiger partial charge in [0.2, 0.25) is 5.82 Å². The molecule has 0 aliphatic carbocycles. The summed E-state index contributed by atoms with van der Waals surface area (Å²) in [6.07, 6.45) is -4.72. The maximum atomic E-state index is 12.4. The van der Waals surface area contributed by atoms with Crippen molar-refractivity contribution in [1.29, 1.82) is 0 Å². The molecule has 0 fully saturated rings. The number of hydrogen-bond donors (Lipinski definition) is 0. The summed E-state index contributed by atoms with van der Waals surface area (Å²) < 4.78 is 64.8. The highest BCUT2D eigenvalue weighted by molar-refractivity contribution is 7.92. The second-order valence-electron chi connectivity index (χ2n) is 5.56. The van der Waals surface area contributed by atoms with E-state index in [1.54, 1.807) is 20.8 Å². The number of nitrogens with zero attached hydrogens (tertiary/aromatic N) is 2. The summed E-state index contributed by atoms with van der Waals surface area (Å²) in [6.45, 7) is 4.68. The maximum Gasteiger partial charge on any atom is 0.471 e. The zero-order valence-electron chi connectivity index (χ0n) is 12.0. The highest BCUT2D eigenvalue weighted by Gasteiger charge is 2.38. The van der Waals surface area contributed by atoms with Crippen LogP contribution in [0.1, 0.15) is 26.7 Å². The van der Waals surface area contributed by atoms with Gasteiger partial charge in [-0.25, -0.2) is 8.42 Å². The van der Waals surface area contributed by atoms with Gasteiger partial charge in [-0.2, -0.15) is 18.2 Å². The standard InChI is InChI=1S/C13H13F3N2O3S/c1-12(2,3)22(19,20)9-6-4-8(5-7-9)10-17-11(21-18-10)13(14,15)16/h4-7H,1-3H3. The summed E-state index contributed by atoms with van der Waals surface area (Å²) in [5.41, 5.74) is 0.229. The van der Waals surface area contributed by atoms with Crippen molar-refractivity contribution in [3.8, 4) is 11.4 Å². The van der Waals surface area contributed by atoms with E-state index in [1.165, 1.54) is 24.3 Å². The quantitative estimate of drug-likeness (QED) is 0.842. The predicted octanol–water partition coefficient (Wildman–Crippen LogP) is 3.33. The van der Waals surface area contributed by atoms with Gasteiger partial charge in [-0.3, -0.25) is 0 Å². The van der Waals surface area contributed by atoms with Crippen LogP contribution in [0.25, 0.3) is 11.4 Å². The predicted molar refractivity (Wildman–Crippen MR) is 71.7 cm³/mol. The highest BCUT2D eigenvalue weighted by atomic mass is 32.2. The molecule has 0 saturated carbocycles. The van der Waals surface area contributed by atoms with E-state index >= 15 is 0 Å². The molecule has 0 aliphatic heterocycles. The first-order chi connectivity index (χ1) is 9.93. The fourth-order valence-corrected chi connectivity index (χ4v) is 2.79. The Morgan fingerprint density at radius 3 is 2.00 bits per heavy atom. The minimum Gasteiger partial charge on any atom is -0.329 e. The molecule has 0 bridgehead atoms. The molecule has 2 rings (SSSR count). The Morgan fingerprint density at radius 1 is 1.05 bits per heavy atom. The van der Waals surface area contributed by atoms with Gasteiger partial charge in [0, 0.05) is 5.56 Å². The third-order valence-corrected chi connectivity index (χ3v) is 5.40. The van der Waals surface area contributed by atoms with E-state index in [4.69, 9.17) is 0 Å². The van der Waals surface area contributed by atoms with Gasteiger partial charge < -0.3 is 4.52 Å². The summed E-state index contributed by atoms with van der Waals surface area (Å²) in [6, 6.07) is 5.28. The van der Waals surface area contributed by atoms with Crippen molar-refractivity contribution in [3.05, 3.63) is 30.2 Å². The van der Waals surface area contributed by atoms with Crippen molar-refractivity contribution in [2.24, 2.45) is 0 Å². The zero-order valence-corrected chi connectivity index (χ0v) is 12.8. The second kappa shape index (κ2) is 5.08. The van der Waals surface area contributed by atoms with Gasteiger partial charge in [0.1, 0.15) is 0 Å². The molecular formula is C13H13F3N2O3S. The number of benzene rings is 1. The van der Waals surface area contributed by atoms with Gasteiger partial charge in [-0.1, -0.05) is 5.16 Å². The SMILES string of the molecule is CC(C)(C)S(=O)(=O)c1ccc(-c2noc(C(F)(F)F)n2)cc1. The molecule has 0 saturated heterocycles. The van der Waals surface area contributed by atoms with Crippen LogP contribution in [-0.2, 0) is 16.0 Å². The Labute approximate surface area is 125 Å². The molecule has 5 nitrogen and oxygen atoms in total. The lowest BCUT2D eigenvalue weighted by Crippen LogP contribution is -2.27. The summed E-state index contributed by atoms with van der Waals surface area (Å²) >= 11 is 0. The second-order valence-corrected chi connectivity index (χ2v) is 8.26. The van der Waals surface area contributed by atoms with E-state index < -0.39 is 26.7 Å². The molecule has 0 atom stereocenters. The van der Waals surface area contributed by atoms with E-state index in [1.807, 2.05) is 0 Å². The first-order valence-corrected chi connectivity index (χ1v) is 7.67. The number of hydrogen-bond acceptors (Lipinski definition) is 5. The Bertz CT molecular complexity index is 772. The molecule has 0 aliphatic rings. The Morgan fingerprint density at radius 2 is 1.59 bits per heavy atom. The highest BCUT2D eigenvalue weighted by Crippen LogP contribution is 2.30. The third-order valence-electron chi connectivity index (χ3n) is 2.90. The average Bonchev–Trinajstić information content (AvgIpc) is 2.87. The van der Waals surface area contributed by atoms with Gasteiger partial charge in [0.15, 0.2) is 9.84 Å². The molecule has 1 heterocycles. The van der Waals surface area contributed by atoms with Gasteiger partial charge in [0.05, 0.1) is 9.64 Å². The van der Waals surface area contributed by atoms with Crippen molar-refractivity contribution >= 4 is 9.84 Å². The lowest BCUT2D eigenvalue weighted by atomic mass is 10.2. The number of alkyl halides is 3. The number of halogens is 3. The average molecular weight is 334 g/mol. The van der Waals surface area contributed by atoms with Crippen LogP contribution < -0.4 is 0 Å². The van der Waals surface area contributed by atoms with Crippen molar-refractivity contribution in [3.63, 3.8) is 0 Å². The van der Waals surface area contributed by atoms with Crippen LogP contribution in [0, 0.1) is 0 Å².